The van der Waals surface area contributed by atoms with Gasteiger partial charge in [0.25, 0.3) is 0 Å². The molecule has 7 nitrogen and oxygen atoms in total. The van der Waals surface area contributed by atoms with E-state index in [1.54, 1.807) is 22.9 Å². The van der Waals surface area contributed by atoms with Crippen LogP contribution in [0.2, 0.25) is 0 Å². The summed E-state index contributed by atoms with van der Waals surface area (Å²) >= 11 is 1.74. The summed E-state index contributed by atoms with van der Waals surface area (Å²) < 4.78 is 2.02. The number of nitrogens with zero attached hydrogens (tertiary/aromatic N) is 7. The van der Waals surface area contributed by atoms with Crippen molar-refractivity contribution < 1.29 is 0 Å². The number of unbranched alkanes of at least 4 members (excludes halogenated alkanes) is 2. The molecule has 8 heteroatoms. The van der Waals surface area contributed by atoms with Crippen molar-refractivity contribution in [1.29, 1.82) is 0 Å². The Morgan fingerprint density at radius 3 is 2.43 bits per heavy atom. The summed E-state index contributed by atoms with van der Waals surface area (Å²) in [6.45, 7) is 0.782. The second kappa shape index (κ2) is 9.27. The Bertz CT molecular complexity index is 982. The summed E-state index contributed by atoms with van der Waals surface area (Å²) in [6.07, 6.45) is 5.00. The van der Waals surface area contributed by atoms with Gasteiger partial charge in [0.15, 0.2) is 5.16 Å². The molecule has 0 amide bonds. The maximum atomic E-state index is 4.45. The van der Waals surface area contributed by atoms with E-state index < -0.39 is 0 Å². The molecule has 4 aromatic rings. The lowest BCUT2D eigenvalue weighted by Crippen LogP contribution is -2.03. The first kappa shape index (κ1) is 18.4. The van der Waals surface area contributed by atoms with Crippen molar-refractivity contribution in [2.45, 2.75) is 31.0 Å². The molecule has 142 valence electrons. The van der Waals surface area contributed by atoms with Crippen molar-refractivity contribution in [2.24, 2.45) is 0 Å². The summed E-state index contributed by atoms with van der Waals surface area (Å²) in [4.78, 5) is 1.68. The number of hydrogen-bond donors (Lipinski definition) is 0. The van der Waals surface area contributed by atoms with Crippen LogP contribution in [0.25, 0.3) is 17.1 Å². The number of hydrogen-bond acceptors (Lipinski definition) is 6. The number of thioether (sulfide) groups is 1. The lowest BCUT2D eigenvalue weighted by atomic mass is 10.2. The van der Waals surface area contributed by atoms with E-state index in [2.05, 4.69) is 37.7 Å². The normalized spacial score (nSPS) is 11.0. The molecule has 0 bridgehead atoms. The third-order valence-corrected chi connectivity index (χ3v) is 5.30. The first-order valence-electron chi connectivity index (χ1n) is 9.31. The molecule has 0 spiro atoms. The molecule has 0 aliphatic carbocycles. The van der Waals surface area contributed by atoms with E-state index in [0.29, 0.717) is 5.82 Å². The van der Waals surface area contributed by atoms with Crippen LogP contribution in [0.3, 0.4) is 0 Å². The molecular formula is C20H21N7S. The Morgan fingerprint density at radius 1 is 0.821 bits per heavy atom. The molecule has 0 saturated heterocycles. The second-order valence-corrected chi connectivity index (χ2v) is 7.37. The Balaban J connectivity index is 1.20. The first-order chi connectivity index (χ1) is 13.9. The SMILES string of the molecule is c1ccc(-c2nnn(CCCCCSc3nncn3-c3ccccc3)n2)cc1. The van der Waals surface area contributed by atoms with Crippen LogP contribution in [0, 0.1) is 0 Å². The van der Waals surface area contributed by atoms with E-state index in [1.807, 2.05) is 53.1 Å². The highest BCUT2D eigenvalue weighted by Gasteiger charge is 2.07. The van der Waals surface area contributed by atoms with E-state index in [1.165, 1.54) is 0 Å². The van der Waals surface area contributed by atoms with Crippen molar-refractivity contribution in [3.8, 4) is 17.1 Å². The monoisotopic (exact) mass is 391 g/mol. The van der Waals surface area contributed by atoms with Gasteiger partial charge in [-0.25, -0.2) is 0 Å². The lowest BCUT2D eigenvalue weighted by Gasteiger charge is -2.05. The van der Waals surface area contributed by atoms with Gasteiger partial charge in [-0.05, 0) is 30.2 Å². The molecular weight excluding hydrogens is 370 g/mol. The number of aromatic nitrogens is 7. The predicted octanol–water partition coefficient (Wildman–Crippen LogP) is 3.88. The zero-order valence-electron chi connectivity index (χ0n) is 15.4. The summed E-state index contributed by atoms with van der Waals surface area (Å²) in [5.74, 6) is 1.68. The maximum absolute atomic E-state index is 4.45. The fourth-order valence-corrected chi connectivity index (χ4v) is 3.75. The maximum Gasteiger partial charge on any atom is 0.204 e. The Hall–Kier alpha value is -3.00. The Morgan fingerprint density at radius 2 is 1.61 bits per heavy atom. The topological polar surface area (TPSA) is 74.3 Å². The highest BCUT2D eigenvalue weighted by atomic mass is 32.2. The van der Waals surface area contributed by atoms with Crippen molar-refractivity contribution in [3.05, 3.63) is 67.0 Å². The fourth-order valence-electron chi connectivity index (χ4n) is 2.82. The van der Waals surface area contributed by atoms with E-state index in [0.717, 1.165) is 48.0 Å². The summed E-state index contributed by atoms with van der Waals surface area (Å²) in [6, 6.07) is 20.1. The molecule has 28 heavy (non-hydrogen) atoms. The molecule has 0 aliphatic rings. The van der Waals surface area contributed by atoms with Crippen LogP contribution in [0.15, 0.2) is 72.1 Å². The van der Waals surface area contributed by atoms with Gasteiger partial charge >= 0.3 is 0 Å². The molecule has 0 fully saturated rings. The van der Waals surface area contributed by atoms with Gasteiger partial charge in [-0.15, -0.1) is 20.4 Å². The molecule has 2 heterocycles. The second-order valence-electron chi connectivity index (χ2n) is 6.30. The minimum Gasteiger partial charge on any atom is -0.277 e. The van der Waals surface area contributed by atoms with Crippen molar-refractivity contribution in [2.75, 3.05) is 5.75 Å². The predicted molar refractivity (Wildman–Crippen MR) is 109 cm³/mol. The van der Waals surface area contributed by atoms with Gasteiger partial charge in [-0.3, -0.25) is 4.57 Å². The smallest absolute Gasteiger partial charge is 0.204 e. The van der Waals surface area contributed by atoms with Crippen LogP contribution in [0.1, 0.15) is 19.3 Å². The number of benzene rings is 2. The first-order valence-corrected chi connectivity index (χ1v) is 10.3. The molecule has 0 saturated carbocycles. The van der Waals surface area contributed by atoms with Gasteiger partial charge in [0.05, 0.1) is 6.54 Å². The number of aryl methyl sites for hydroxylation is 1. The molecule has 0 radical (unpaired) electrons. The fraction of sp³-hybridized carbons (Fsp3) is 0.250. The number of tetrazole rings is 1. The third-order valence-electron chi connectivity index (χ3n) is 4.27. The Kier molecular flexibility index (Phi) is 6.08. The van der Waals surface area contributed by atoms with E-state index in [4.69, 9.17) is 0 Å². The zero-order chi connectivity index (χ0) is 19.0. The average molecular weight is 392 g/mol. The molecule has 0 N–H and O–H groups in total. The van der Waals surface area contributed by atoms with Gasteiger partial charge in [0, 0.05) is 17.0 Å². The van der Waals surface area contributed by atoms with Crippen molar-refractivity contribution in [3.63, 3.8) is 0 Å². The molecule has 2 aromatic carbocycles. The minimum absolute atomic E-state index is 0.677. The molecule has 0 atom stereocenters. The third kappa shape index (κ3) is 4.64. The van der Waals surface area contributed by atoms with Gasteiger partial charge in [-0.2, -0.15) is 4.80 Å². The lowest BCUT2D eigenvalue weighted by molar-refractivity contribution is 0.487. The van der Waals surface area contributed by atoms with Crippen LogP contribution in [-0.2, 0) is 6.54 Å². The van der Waals surface area contributed by atoms with Gasteiger partial charge in [0.2, 0.25) is 5.82 Å². The zero-order valence-corrected chi connectivity index (χ0v) is 16.2. The molecule has 0 unspecified atom stereocenters. The van der Waals surface area contributed by atoms with Gasteiger partial charge in [-0.1, -0.05) is 66.7 Å². The van der Waals surface area contributed by atoms with E-state index in [9.17, 15) is 0 Å². The Labute approximate surface area is 167 Å². The minimum atomic E-state index is 0.677. The van der Waals surface area contributed by atoms with Crippen molar-refractivity contribution in [1.82, 2.24) is 35.0 Å². The van der Waals surface area contributed by atoms with Crippen LogP contribution < -0.4 is 0 Å². The van der Waals surface area contributed by atoms with Gasteiger partial charge in [0.1, 0.15) is 6.33 Å². The van der Waals surface area contributed by atoms with Crippen LogP contribution in [0.5, 0.6) is 0 Å². The molecule has 4 rings (SSSR count). The average Bonchev–Trinajstić information content (AvgIpc) is 3.42. The summed E-state index contributed by atoms with van der Waals surface area (Å²) in [5, 5.41) is 21.9. The quantitative estimate of drug-likeness (QED) is 0.318. The standard InChI is InChI=1S/C20H21N7S/c1-4-10-17(11-5-1)19-22-25-27(24-19)14-8-3-9-15-28-20-23-21-16-26(20)18-12-6-2-7-13-18/h1-2,4-7,10-13,16H,3,8-9,14-15H2. The number of rotatable bonds is 9. The van der Waals surface area contributed by atoms with Crippen LogP contribution in [-0.4, -0.2) is 40.7 Å². The highest BCUT2D eigenvalue weighted by Crippen LogP contribution is 2.20. The van der Waals surface area contributed by atoms with E-state index in [-0.39, 0.29) is 0 Å². The van der Waals surface area contributed by atoms with E-state index >= 15 is 0 Å². The van der Waals surface area contributed by atoms with Crippen LogP contribution >= 0.6 is 11.8 Å². The summed E-state index contributed by atoms with van der Waals surface area (Å²) in [5.41, 5.74) is 2.08. The molecule has 0 aliphatic heterocycles. The van der Waals surface area contributed by atoms with Crippen LogP contribution in [0.4, 0.5) is 0 Å². The highest BCUT2D eigenvalue weighted by molar-refractivity contribution is 7.99. The molecule has 2 aromatic heterocycles. The number of para-hydroxylation sites is 1. The van der Waals surface area contributed by atoms with Crippen molar-refractivity contribution >= 4 is 11.8 Å². The largest absolute Gasteiger partial charge is 0.277 e. The summed E-state index contributed by atoms with van der Waals surface area (Å²) in [7, 11) is 0. The van der Waals surface area contributed by atoms with Gasteiger partial charge < -0.3 is 0 Å².